The quantitative estimate of drug-likeness (QED) is 0.350. The van der Waals surface area contributed by atoms with Crippen LogP contribution in [0.3, 0.4) is 0 Å². The van der Waals surface area contributed by atoms with Gasteiger partial charge >= 0.3 is 6.03 Å². The van der Waals surface area contributed by atoms with Crippen molar-refractivity contribution in [3.63, 3.8) is 0 Å². The number of carbonyl (C=O) groups excluding carboxylic acids is 1. The standard InChI is InChI=1S/C20H22ClN5O3/c1-25(2)10-5-11-29-18-9-8-14(21)12-16(18)23-20(27)24-19-13-26(28)17-7-4-3-6-15(17)22-19/h3-4,6-9,12-13H,5,10-11H2,1-2H3,(H2,22,23,24,27). The van der Waals surface area contributed by atoms with Crippen molar-refractivity contribution in [1.29, 1.82) is 0 Å². The summed E-state index contributed by atoms with van der Waals surface area (Å²) in [5.74, 6) is 0.639. The van der Waals surface area contributed by atoms with Crippen molar-refractivity contribution < 1.29 is 14.3 Å². The zero-order valence-corrected chi connectivity index (χ0v) is 16.9. The van der Waals surface area contributed by atoms with E-state index < -0.39 is 6.03 Å². The molecule has 9 heteroatoms. The van der Waals surface area contributed by atoms with Crippen molar-refractivity contribution in [2.24, 2.45) is 0 Å². The second-order valence-electron chi connectivity index (χ2n) is 6.67. The Labute approximate surface area is 173 Å². The fourth-order valence-corrected chi connectivity index (χ4v) is 2.88. The number of fused-ring (bicyclic) bond motifs is 1. The van der Waals surface area contributed by atoms with Crippen LogP contribution in [0.15, 0.2) is 48.7 Å². The number of halogens is 1. The Hall–Kier alpha value is -3.10. The first-order valence-corrected chi connectivity index (χ1v) is 9.44. The fourth-order valence-electron chi connectivity index (χ4n) is 2.70. The lowest BCUT2D eigenvalue weighted by Gasteiger charge is -2.14. The van der Waals surface area contributed by atoms with Gasteiger partial charge in [0.1, 0.15) is 11.3 Å². The number of carbonyl (C=O) groups is 1. The van der Waals surface area contributed by atoms with Crippen molar-refractivity contribution in [3.8, 4) is 5.75 Å². The van der Waals surface area contributed by atoms with Gasteiger partial charge in [-0.05, 0) is 44.8 Å². The summed E-state index contributed by atoms with van der Waals surface area (Å²) >= 11 is 6.06. The third-order valence-electron chi connectivity index (χ3n) is 4.04. The molecular weight excluding hydrogens is 394 g/mol. The lowest BCUT2D eigenvalue weighted by Crippen LogP contribution is -2.29. The zero-order valence-electron chi connectivity index (χ0n) is 16.2. The molecule has 1 heterocycles. The van der Waals surface area contributed by atoms with E-state index in [9.17, 15) is 10.0 Å². The first kappa shape index (κ1) is 20.6. The van der Waals surface area contributed by atoms with E-state index in [1.165, 1.54) is 6.20 Å². The van der Waals surface area contributed by atoms with E-state index in [2.05, 4.69) is 20.5 Å². The van der Waals surface area contributed by atoms with Crippen molar-refractivity contribution in [3.05, 3.63) is 58.9 Å². The molecule has 0 spiro atoms. The number of benzene rings is 2. The van der Waals surface area contributed by atoms with Crippen molar-refractivity contribution in [1.82, 2.24) is 9.88 Å². The summed E-state index contributed by atoms with van der Waals surface area (Å²) in [7, 11) is 3.98. The average molecular weight is 416 g/mol. The van der Waals surface area contributed by atoms with Crippen LogP contribution >= 0.6 is 11.6 Å². The molecule has 29 heavy (non-hydrogen) atoms. The van der Waals surface area contributed by atoms with Gasteiger partial charge in [0.2, 0.25) is 17.5 Å². The van der Waals surface area contributed by atoms with Crippen molar-refractivity contribution >= 4 is 40.2 Å². The van der Waals surface area contributed by atoms with E-state index in [0.717, 1.165) is 13.0 Å². The van der Waals surface area contributed by atoms with Crippen LogP contribution in [-0.4, -0.2) is 43.2 Å². The number of para-hydroxylation sites is 2. The van der Waals surface area contributed by atoms with Crippen LogP contribution in [0.4, 0.5) is 16.3 Å². The van der Waals surface area contributed by atoms with E-state index in [1.807, 2.05) is 14.1 Å². The third kappa shape index (κ3) is 5.69. The Morgan fingerprint density at radius 1 is 1.24 bits per heavy atom. The van der Waals surface area contributed by atoms with E-state index in [1.54, 1.807) is 42.5 Å². The van der Waals surface area contributed by atoms with Gasteiger partial charge in [-0.25, -0.2) is 9.78 Å². The summed E-state index contributed by atoms with van der Waals surface area (Å²) in [6, 6.07) is 11.3. The number of hydrogen-bond acceptors (Lipinski definition) is 5. The molecule has 8 nitrogen and oxygen atoms in total. The van der Waals surface area contributed by atoms with Gasteiger partial charge < -0.3 is 20.2 Å². The summed E-state index contributed by atoms with van der Waals surface area (Å²) in [4.78, 5) is 18.8. The monoisotopic (exact) mass is 415 g/mol. The normalized spacial score (nSPS) is 10.9. The summed E-state index contributed by atoms with van der Waals surface area (Å²) < 4.78 is 6.44. The molecule has 3 rings (SSSR count). The highest BCUT2D eigenvalue weighted by molar-refractivity contribution is 6.31. The Morgan fingerprint density at radius 2 is 2.03 bits per heavy atom. The predicted octanol–water partition coefficient (Wildman–Crippen LogP) is 3.50. The summed E-state index contributed by atoms with van der Waals surface area (Å²) in [5.41, 5.74) is 1.32. The van der Waals surface area contributed by atoms with E-state index >= 15 is 0 Å². The van der Waals surface area contributed by atoms with Gasteiger partial charge in [0.05, 0.1) is 12.3 Å². The first-order chi connectivity index (χ1) is 13.9. The van der Waals surface area contributed by atoms with Crippen molar-refractivity contribution in [2.45, 2.75) is 6.42 Å². The zero-order chi connectivity index (χ0) is 20.8. The molecule has 0 fully saturated rings. The molecule has 2 amide bonds. The molecule has 0 saturated heterocycles. The summed E-state index contributed by atoms with van der Waals surface area (Å²) in [5, 5.41) is 17.8. The summed E-state index contributed by atoms with van der Waals surface area (Å²) in [6.45, 7) is 1.39. The topological polar surface area (TPSA) is 93.4 Å². The second kappa shape index (κ2) is 9.40. The Bertz CT molecular complexity index is 1010. The molecule has 0 unspecified atom stereocenters. The van der Waals surface area contributed by atoms with Gasteiger partial charge in [0.25, 0.3) is 0 Å². The number of nitrogens with zero attached hydrogens (tertiary/aromatic N) is 3. The molecule has 0 aliphatic heterocycles. The maximum atomic E-state index is 12.4. The van der Waals surface area contributed by atoms with Crippen molar-refractivity contribution in [2.75, 3.05) is 37.9 Å². The van der Waals surface area contributed by atoms with Gasteiger partial charge in [0.15, 0.2) is 0 Å². The molecule has 2 N–H and O–H groups in total. The molecule has 0 aliphatic rings. The lowest BCUT2D eigenvalue weighted by molar-refractivity contribution is -0.576. The van der Waals surface area contributed by atoms with Gasteiger partial charge in [-0.3, -0.25) is 5.32 Å². The van der Waals surface area contributed by atoms with E-state index in [0.29, 0.717) is 38.8 Å². The molecule has 0 saturated carbocycles. The predicted molar refractivity (Wildman–Crippen MR) is 113 cm³/mol. The van der Waals surface area contributed by atoms with Crippen LogP contribution in [0.1, 0.15) is 6.42 Å². The minimum atomic E-state index is -0.562. The van der Waals surface area contributed by atoms with Gasteiger partial charge in [-0.2, -0.15) is 4.73 Å². The molecule has 0 atom stereocenters. The average Bonchev–Trinajstić information content (AvgIpc) is 2.66. The van der Waals surface area contributed by atoms with Crippen LogP contribution in [0.5, 0.6) is 5.75 Å². The third-order valence-corrected chi connectivity index (χ3v) is 4.27. The molecule has 2 aromatic carbocycles. The lowest BCUT2D eigenvalue weighted by atomic mass is 10.3. The molecule has 3 aromatic rings. The number of anilines is 2. The van der Waals surface area contributed by atoms with Gasteiger partial charge in [0, 0.05) is 17.6 Å². The Balaban J connectivity index is 1.69. The highest BCUT2D eigenvalue weighted by Crippen LogP contribution is 2.28. The maximum Gasteiger partial charge on any atom is 0.325 e. The Kier molecular flexibility index (Phi) is 6.69. The molecule has 0 bridgehead atoms. The van der Waals surface area contributed by atoms with Crippen LogP contribution in [0.25, 0.3) is 11.0 Å². The highest BCUT2D eigenvalue weighted by atomic mass is 35.5. The van der Waals surface area contributed by atoms with Crippen LogP contribution in [0, 0.1) is 5.21 Å². The molecule has 152 valence electrons. The number of nitrogens with one attached hydrogen (secondary N) is 2. The molecule has 0 aliphatic carbocycles. The first-order valence-electron chi connectivity index (χ1n) is 9.06. The van der Waals surface area contributed by atoms with E-state index in [4.69, 9.17) is 16.3 Å². The molecule has 1 aromatic heterocycles. The van der Waals surface area contributed by atoms with Gasteiger partial charge in [-0.1, -0.05) is 23.7 Å². The van der Waals surface area contributed by atoms with Gasteiger partial charge in [-0.15, -0.1) is 0 Å². The van der Waals surface area contributed by atoms with Crippen LogP contribution in [0.2, 0.25) is 5.02 Å². The number of hydrogen-bond donors (Lipinski definition) is 2. The minimum Gasteiger partial charge on any atom is -0.618 e. The SMILES string of the molecule is CN(C)CCCOc1ccc(Cl)cc1NC(=O)Nc1c[n+]([O-])c2ccccc2n1. The smallest absolute Gasteiger partial charge is 0.325 e. The second-order valence-corrected chi connectivity index (χ2v) is 7.10. The molecular formula is C20H22ClN5O3. The highest BCUT2D eigenvalue weighted by Gasteiger charge is 2.13. The fraction of sp³-hybridized carbons (Fsp3) is 0.250. The summed E-state index contributed by atoms with van der Waals surface area (Å²) in [6.07, 6.45) is 2.05. The number of ether oxygens (including phenoxy) is 1. The van der Waals surface area contributed by atoms with Crippen LogP contribution in [-0.2, 0) is 0 Å². The molecule has 0 radical (unpaired) electrons. The van der Waals surface area contributed by atoms with Crippen LogP contribution < -0.4 is 20.1 Å². The number of amides is 2. The number of urea groups is 1. The maximum absolute atomic E-state index is 12.4. The number of rotatable bonds is 7. The number of aromatic nitrogens is 2. The largest absolute Gasteiger partial charge is 0.618 e. The van der Waals surface area contributed by atoms with E-state index in [-0.39, 0.29) is 5.82 Å². The minimum absolute atomic E-state index is 0.131. The Morgan fingerprint density at radius 3 is 2.83 bits per heavy atom.